The molecule has 2 aliphatic rings. The van der Waals surface area contributed by atoms with Crippen molar-refractivity contribution in [1.29, 1.82) is 0 Å². The highest BCUT2D eigenvalue weighted by Crippen LogP contribution is 2.47. The van der Waals surface area contributed by atoms with E-state index in [4.69, 9.17) is 4.74 Å². The predicted molar refractivity (Wildman–Crippen MR) is 75.4 cm³/mol. The van der Waals surface area contributed by atoms with Gasteiger partial charge in [-0.3, -0.25) is 0 Å². The lowest BCUT2D eigenvalue weighted by atomic mass is 9.78. The van der Waals surface area contributed by atoms with Gasteiger partial charge in [0.05, 0.1) is 36.5 Å². The van der Waals surface area contributed by atoms with Crippen LogP contribution in [0.3, 0.4) is 0 Å². The van der Waals surface area contributed by atoms with Gasteiger partial charge in [0.25, 0.3) is 0 Å². The maximum Gasteiger partial charge on any atom is 0.0956 e. The van der Waals surface area contributed by atoms with Gasteiger partial charge in [-0.2, -0.15) is 0 Å². The Bertz CT molecular complexity index is 647. The summed E-state index contributed by atoms with van der Waals surface area (Å²) < 4.78 is 7.82. The Kier molecular flexibility index (Phi) is 2.53. The Morgan fingerprint density at radius 1 is 1.40 bits per heavy atom. The second kappa shape index (κ2) is 4.17. The Balaban J connectivity index is 1.86. The highest BCUT2D eigenvalue weighted by molar-refractivity contribution is 5.69. The van der Waals surface area contributed by atoms with Gasteiger partial charge in [-0.1, -0.05) is 24.3 Å². The molecule has 0 radical (unpaired) electrons. The van der Waals surface area contributed by atoms with Gasteiger partial charge in [0, 0.05) is 18.1 Å². The molecule has 1 N–H and O–H groups in total. The highest BCUT2D eigenvalue weighted by atomic mass is 16.5. The van der Waals surface area contributed by atoms with Crippen LogP contribution in [-0.2, 0) is 4.74 Å². The van der Waals surface area contributed by atoms with Crippen molar-refractivity contribution in [3.8, 4) is 11.3 Å². The number of imidazole rings is 1. The van der Waals surface area contributed by atoms with Crippen molar-refractivity contribution in [1.82, 2.24) is 9.55 Å². The Morgan fingerprint density at radius 3 is 3.10 bits per heavy atom. The van der Waals surface area contributed by atoms with Gasteiger partial charge in [0.15, 0.2) is 0 Å². The van der Waals surface area contributed by atoms with E-state index in [1.54, 1.807) is 0 Å². The molecule has 3 heterocycles. The maximum atomic E-state index is 10.8. The zero-order valence-electron chi connectivity index (χ0n) is 11.5. The van der Waals surface area contributed by atoms with Crippen LogP contribution < -0.4 is 0 Å². The van der Waals surface area contributed by atoms with Crippen molar-refractivity contribution in [2.45, 2.75) is 25.0 Å². The summed E-state index contributed by atoms with van der Waals surface area (Å²) in [6.45, 7) is 3.15. The van der Waals surface area contributed by atoms with Crippen LogP contribution in [0.1, 0.15) is 24.9 Å². The smallest absolute Gasteiger partial charge is 0.0956 e. The van der Waals surface area contributed by atoms with E-state index in [0.29, 0.717) is 19.6 Å². The summed E-state index contributed by atoms with van der Waals surface area (Å²) in [7, 11) is 0. The molecule has 4 heteroatoms. The number of fused-ring (bicyclic) bond motifs is 3. The highest BCUT2D eigenvalue weighted by Gasteiger charge is 2.45. The van der Waals surface area contributed by atoms with Gasteiger partial charge in [0.2, 0.25) is 0 Å². The monoisotopic (exact) mass is 270 g/mol. The molecule has 1 unspecified atom stereocenters. The van der Waals surface area contributed by atoms with Crippen molar-refractivity contribution in [3.05, 3.63) is 42.4 Å². The largest absolute Gasteiger partial charge is 0.390 e. The van der Waals surface area contributed by atoms with Crippen LogP contribution in [0.2, 0.25) is 0 Å². The van der Waals surface area contributed by atoms with Crippen LogP contribution >= 0.6 is 0 Å². The fraction of sp³-hybridized carbons (Fsp3) is 0.438. The zero-order chi connectivity index (χ0) is 13.7. The maximum absolute atomic E-state index is 10.8. The lowest BCUT2D eigenvalue weighted by Gasteiger charge is -2.41. The second-order valence-corrected chi connectivity index (χ2v) is 6.01. The SMILES string of the molecule is CC1(O)CCOC[C@@H]1[C@@H]1c2ccccc2-c2cncn21. The first-order chi connectivity index (χ1) is 9.68. The molecule has 0 aliphatic carbocycles. The molecule has 2 aromatic rings. The Hall–Kier alpha value is -1.65. The van der Waals surface area contributed by atoms with Gasteiger partial charge < -0.3 is 14.4 Å². The van der Waals surface area contributed by atoms with Gasteiger partial charge in [-0.05, 0) is 18.9 Å². The van der Waals surface area contributed by atoms with Gasteiger partial charge in [-0.25, -0.2) is 4.98 Å². The summed E-state index contributed by atoms with van der Waals surface area (Å²) >= 11 is 0. The molecular formula is C16H18N2O2. The van der Waals surface area contributed by atoms with Gasteiger partial charge >= 0.3 is 0 Å². The van der Waals surface area contributed by atoms with Crippen molar-refractivity contribution in [3.63, 3.8) is 0 Å². The van der Waals surface area contributed by atoms with Crippen molar-refractivity contribution >= 4 is 0 Å². The van der Waals surface area contributed by atoms with Crippen LogP contribution in [0.25, 0.3) is 11.3 Å². The summed E-state index contributed by atoms with van der Waals surface area (Å²) in [5.74, 6) is 0.0489. The molecule has 1 aromatic heterocycles. The summed E-state index contributed by atoms with van der Waals surface area (Å²) in [6, 6.07) is 8.50. The number of hydrogen-bond acceptors (Lipinski definition) is 3. The van der Waals surface area contributed by atoms with E-state index in [1.807, 2.05) is 25.5 Å². The van der Waals surface area contributed by atoms with Crippen molar-refractivity contribution < 1.29 is 9.84 Å². The number of ether oxygens (including phenoxy) is 1. The number of hydrogen-bond donors (Lipinski definition) is 1. The first-order valence-electron chi connectivity index (χ1n) is 7.10. The van der Waals surface area contributed by atoms with E-state index in [1.165, 1.54) is 11.1 Å². The van der Waals surface area contributed by atoms with Gasteiger partial charge in [-0.15, -0.1) is 0 Å². The number of rotatable bonds is 1. The normalized spacial score (nSPS) is 31.9. The van der Waals surface area contributed by atoms with Crippen LogP contribution in [0.5, 0.6) is 0 Å². The second-order valence-electron chi connectivity index (χ2n) is 6.01. The summed E-state index contributed by atoms with van der Waals surface area (Å²) in [6.07, 6.45) is 4.45. The lowest BCUT2D eigenvalue weighted by molar-refractivity contribution is -0.112. The molecule has 0 spiro atoms. The van der Waals surface area contributed by atoms with E-state index >= 15 is 0 Å². The molecule has 104 valence electrons. The topological polar surface area (TPSA) is 47.3 Å². The first-order valence-corrected chi connectivity index (χ1v) is 7.10. The van der Waals surface area contributed by atoms with E-state index in [0.717, 1.165) is 5.69 Å². The summed E-state index contributed by atoms with van der Waals surface area (Å²) in [5, 5.41) is 10.8. The Labute approximate surface area is 118 Å². The minimum absolute atomic E-state index is 0.0489. The molecule has 0 bridgehead atoms. The minimum Gasteiger partial charge on any atom is -0.390 e. The van der Waals surface area contributed by atoms with E-state index in [2.05, 4.69) is 27.8 Å². The fourth-order valence-electron chi connectivity index (χ4n) is 3.57. The molecule has 0 saturated carbocycles. The van der Waals surface area contributed by atoms with E-state index < -0.39 is 5.60 Å². The third kappa shape index (κ3) is 1.58. The van der Waals surface area contributed by atoms with E-state index in [9.17, 15) is 5.11 Å². The molecule has 3 atom stereocenters. The van der Waals surface area contributed by atoms with Crippen LogP contribution in [0.4, 0.5) is 0 Å². The molecule has 20 heavy (non-hydrogen) atoms. The van der Waals surface area contributed by atoms with Crippen LogP contribution in [0, 0.1) is 5.92 Å². The Morgan fingerprint density at radius 2 is 2.25 bits per heavy atom. The molecule has 1 saturated heterocycles. The molecule has 4 nitrogen and oxygen atoms in total. The minimum atomic E-state index is -0.706. The van der Waals surface area contributed by atoms with Gasteiger partial charge in [0.1, 0.15) is 0 Å². The number of nitrogens with zero attached hydrogens (tertiary/aromatic N) is 2. The quantitative estimate of drug-likeness (QED) is 0.864. The number of benzene rings is 1. The fourth-order valence-corrected chi connectivity index (χ4v) is 3.57. The van der Waals surface area contributed by atoms with Crippen LogP contribution in [-0.4, -0.2) is 33.5 Å². The zero-order valence-corrected chi connectivity index (χ0v) is 11.5. The number of aliphatic hydroxyl groups is 1. The lowest BCUT2D eigenvalue weighted by Crippen LogP contribution is -2.46. The molecule has 1 fully saturated rings. The molecule has 2 aliphatic heterocycles. The molecule has 0 amide bonds. The third-order valence-corrected chi connectivity index (χ3v) is 4.75. The molecular weight excluding hydrogens is 252 g/mol. The average Bonchev–Trinajstić information content (AvgIpc) is 3.00. The number of aromatic nitrogens is 2. The standard InChI is InChI=1S/C16H18N2O2/c1-16(19)6-7-20-9-13(16)15-12-5-3-2-4-11(12)14-8-17-10-18(14)15/h2-5,8,10,13,15,19H,6-7,9H2,1H3/t13-,15+,16?/m1/s1. The van der Waals surface area contributed by atoms with Crippen molar-refractivity contribution in [2.24, 2.45) is 5.92 Å². The third-order valence-electron chi connectivity index (χ3n) is 4.75. The molecule has 4 rings (SSSR count). The summed E-state index contributed by atoms with van der Waals surface area (Å²) in [5.41, 5.74) is 2.91. The van der Waals surface area contributed by atoms with Crippen molar-refractivity contribution in [2.75, 3.05) is 13.2 Å². The predicted octanol–water partition coefficient (Wildman–Crippen LogP) is 2.24. The van der Waals surface area contributed by atoms with E-state index in [-0.39, 0.29) is 12.0 Å². The summed E-state index contributed by atoms with van der Waals surface area (Å²) in [4.78, 5) is 4.28. The molecule has 1 aromatic carbocycles. The average molecular weight is 270 g/mol. The van der Waals surface area contributed by atoms with Crippen LogP contribution in [0.15, 0.2) is 36.8 Å². The first kappa shape index (κ1) is 12.1.